The van der Waals surface area contributed by atoms with Crippen LogP contribution in [0.3, 0.4) is 0 Å². The third kappa shape index (κ3) is 3.92. The van der Waals surface area contributed by atoms with Gasteiger partial charge in [-0.3, -0.25) is 24.6 Å². The molecule has 0 saturated carbocycles. The predicted molar refractivity (Wildman–Crippen MR) is 106 cm³/mol. The van der Waals surface area contributed by atoms with Crippen LogP contribution in [-0.2, 0) is 14.4 Å². The monoisotopic (exact) mass is 415 g/mol. The summed E-state index contributed by atoms with van der Waals surface area (Å²) in [6.07, 6.45) is 4.58. The lowest BCUT2D eigenvalue weighted by atomic mass is 9.99. The number of aliphatic hydroxyl groups is 1. The van der Waals surface area contributed by atoms with E-state index in [0.717, 1.165) is 6.42 Å². The molecule has 1 aliphatic rings. The molecule has 29 heavy (non-hydrogen) atoms. The summed E-state index contributed by atoms with van der Waals surface area (Å²) < 4.78 is 0. The van der Waals surface area contributed by atoms with Gasteiger partial charge in [0.1, 0.15) is 17.8 Å². The number of likely N-dealkylation sites (tertiary alicyclic amines) is 1. The molecule has 3 rings (SSSR count). The van der Waals surface area contributed by atoms with Gasteiger partial charge in [-0.15, -0.1) is 11.3 Å². The van der Waals surface area contributed by atoms with Gasteiger partial charge >= 0.3 is 0 Å². The summed E-state index contributed by atoms with van der Waals surface area (Å²) in [6, 6.07) is 4.59. The van der Waals surface area contributed by atoms with Crippen molar-refractivity contribution < 1.29 is 24.7 Å². The number of hydroxylamine groups is 1. The van der Waals surface area contributed by atoms with Crippen molar-refractivity contribution in [1.29, 1.82) is 0 Å². The minimum atomic E-state index is -1.05. The molecule has 2 aromatic rings. The highest BCUT2D eigenvalue weighted by Gasteiger charge is 2.50. The molecule has 9 heteroatoms. The lowest BCUT2D eigenvalue weighted by Gasteiger charge is -2.31. The van der Waals surface area contributed by atoms with Gasteiger partial charge in [-0.1, -0.05) is 25.8 Å². The second-order valence-electron chi connectivity index (χ2n) is 6.59. The van der Waals surface area contributed by atoms with E-state index >= 15 is 0 Å². The topological polar surface area (TPSA) is 120 Å². The number of nitrogens with zero attached hydrogens (tertiary/aromatic N) is 2. The van der Waals surface area contributed by atoms with Crippen LogP contribution in [0, 0.1) is 0 Å². The largest absolute Gasteiger partial charge is 0.507 e. The fourth-order valence-corrected chi connectivity index (χ4v) is 4.26. The average molecular weight is 415 g/mol. The maximum Gasteiger partial charge on any atom is 0.296 e. The van der Waals surface area contributed by atoms with Crippen molar-refractivity contribution in [2.24, 2.45) is 0 Å². The Morgan fingerprint density at radius 3 is 2.62 bits per heavy atom. The van der Waals surface area contributed by atoms with E-state index in [1.165, 1.54) is 40.8 Å². The van der Waals surface area contributed by atoms with Gasteiger partial charge in [0, 0.05) is 22.8 Å². The SMILES string of the molecule is CCCCC(C(=O)NO)N1C(=O)C(=O)C(=C(O)c2ccncc2)C1c1cccs1. The van der Waals surface area contributed by atoms with Gasteiger partial charge in [-0.05, 0) is 30.0 Å². The van der Waals surface area contributed by atoms with Crippen molar-refractivity contribution in [2.45, 2.75) is 38.3 Å². The third-order valence-corrected chi connectivity index (χ3v) is 5.75. The summed E-state index contributed by atoms with van der Waals surface area (Å²) in [5.41, 5.74) is 1.86. The van der Waals surface area contributed by atoms with E-state index in [-0.39, 0.29) is 17.8 Å². The van der Waals surface area contributed by atoms with Crippen LogP contribution in [0.15, 0.2) is 47.6 Å². The molecule has 152 valence electrons. The quantitative estimate of drug-likeness (QED) is 0.210. The lowest BCUT2D eigenvalue weighted by Crippen LogP contribution is -2.48. The van der Waals surface area contributed by atoms with Crippen molar-refractivity contribution >= 4 is 34.7 Å². The maximum absolute atomic E-state index is 12.9. The zero-order valence-corrected chi connectivity index (χ0v) is 16.6. The van der Waals surface area contributed by atoms with Gasteiger partial charge in [0.05, 0.1) is 5.57 Å². The number of amides is 2. The van der Waals surface area contributed by atoms with Gasteiger partial charge in [0.25, 0.3) is 17.6 Å². The Kier molecular flexibility index (Phi) is 6.40. The van der Waals surface area contributed by atoms with Crippen LogP contribution >= 0.6 is 11.3 Å². The highest BCUT2D eigenvalue weighted by atomic mass is 32.1. The molecule has 8 nitrogen and oxygen atoms in total. The van der Waals surface area contributed by atoms with E-state index in [1.54, 1.807) is 23.0 Å². The molecule has 0 radical (unpaired) electrons. The van der Waals surface area contributed by atoms with Gasteiger partial charge < -0.3 is 10.0 Å². The van der Waals surface area contributed by atoms with Crippen LogP contribution in [0.2, 0.25) is 0 Å². The predicted octanol–water partition coefficient (Wildman–Crippen LogP) is 2.63. The number of hydrogen-bond acceptors (Lipinski definition) is 7. The summed E-state index contributed by atoms with van der Waals surface area (Å²) in [5.74, 6) is -2.86. The Bertz CT molecular complexity index is 927. The molecule has 0 aromatic carbocycles. The van der Waals surface area contributed by atoms with E-state index in [9.17, 15) is 24.7 Å². The Hall–Kier alpha value is -3.04. The van der Waals surface area contributed by atoms with Crippen LogP contribution in [0.4, 0.5) is 0 Å². The minimum Gasteiger partial charge on any atom is -0.507 e. The number of Topliss-reactive ketones (excluding diaryl/α,β-unsaturated/α-hetero) is 1. The van der Waals surface area contributed by atoms with E-state index in [4.69, 9.17) is 0 Å². The number of aromatic nitrogens is 1. The van der Waals surface area contributed by atoms with Crippen LogP contribution in [0.25, 0.3) is 5.76 Å². The second kappa shape index (κ2) is 8.97. The van der Waals surface area contributed by atoms with E-state index < -0.39 is 29.7 Å². The van der Waals surface area contributed by atoms with Gasteiger partial charge in [-0.2, -0.15) is 0 Å². The van der Waals surface area contributed by atoms with Crippen LogP contribution in [0.1, 0.15) is 42.7 Å². The first-order valence-corrected chi connectivity index (χ1v) is 10.1. The fourth-order valence-electron chi connectivity index (χ4n) is 3.43. The van der Waals surface area contributed by atoms with E-state index in [0.29, 0.717) is 16.9 Å². The number of carbonyl (C=O) groups is 3. The summed E-state index contributed by atoms with van der Waals surface area (Å²) >= 11 is 1.31. The Balaban J connectivity index is 2.17. The first-order chi connectivity index (χ1) is 14.0. The van der Waals surface area contributed by atoms with Crippen molar-refractivity contribution in [3.8, 4) is 0 Å². The van der Waals surface area contributed by atoms with Crippen molar-refractivity contribution in [1.82, 2.24) is 15.4 Å². The highest BCUT2D eigenvalue weighted by molar-refractivity contribution is 7.10. The molecular formula is C20H21N3O5S. The Labute approximate surface area is 171 Å². The minimum absolute atomic E-state index is 0.0871. The third-order valence-electron chi connectivity index (χ3n) is 4.83. The van der Waals surface area contributed by atoms with Gasteiger partial charge in [-0.25, -0.2) is 5.48 Å². The number of pyridine rings is 1. The zero-order valence-electron chi connectivity index (χ0n) is 15.7. The van der Waals surface area contributed by atoms with Gasteiger partial charge in [0.2, 0.25) is 0 Å². The smallest absolute Gasteiger partial charge is 0.296 e. The number of thiophene rings is 1. The Morgan fingerprint density at radius 2 is 2.03 bits per heavy atom. The summed E-state index contributed by atoms with van der Waals surface area (Å²) in [6.45, 7) is 1.93. The normalized spacial score (nSPS) is 19.4. The number of ketones is 1. The molecule has 0 spiro atoms. The Morgan fingerprint density at radius 1 is 1.31 bits per heavy atom. The van der Waals surface area contributed by atoms with E-state index in [1.807, 2.05) is 6.92 Å². The second-order valence-corrected chi connectivity index (χ2v) is 7.57. The fraction of sp³-hybridized carbons (Fsp3) is 0.300. The van der Waals surface area contributed by atoms with Crippen LogP contribution in [-0.4, -0.2) is 43.8 Å². The van der Waals surface area contributed by atoms with Crippen LogP contribution < -0.4 is 5.48 Å². The van der Waals surface area contributed by atoms with Crippen LogP contribution in [0.5, 0.6) is 0 Å². The molecule has 2 unspecified atom stereocenters. The number of aliphatic hydroxyl groups excluding tert-OH is 1. The van der Waals surface area contributed by atoms with E-state index in [2.05, 4.69) is 4.98 Å². The highest BCUT2D eigenvalue weighted by Crippen LogP contribution is 2.42. The number of hydrogen-bond donors (Lipinski definition) is 3. The standard InChI is InChI=1S/C20H21N3O5S/c1-2-3-5-13(19(26)22-28)23-16(14-6-4-11-29-14)15(18(25)20(23)27)17(24)12-7-9-21-10-8-12/h4,6-11,13,16,24,28H,2-3,5H2,1H3,(H,22,26). The molecule has 3 heterocycles. The number of rotatable bonds is 7. The lowest BCUT2D eigenvalue weighted by molar-refractivity contribution is -0.147. The first-order valence-electron chi connectivity index (χ1n) is 9.19. The molecule has 1 fully saturated rings. The summed E-state index contributed by atoms with van der Waals surface area (Å²) in [4.78, 5) is 43.9. The molecule has 1 saturated heterocycles. The number of unbranched alkanes of at least 4 members (excludes halogenated alkanes) is 1. The van der Waals surface area contributed by atoms with Crippen molar-refractivity contribution in [3.05, 3.63) is 58.1 Å². The molecule has 3 N–H and O–H groups in total. The summed E-state index contributed by atoms with van der Waals surface area (Å²) in [7, 11) is 0. The summed E-state index contributed by atoms with van der Waals surface area (Å²) in [5, 5.41) is 21.8. The van der Waals surface area contributed by atoms with Gasteiger partial charge in [0.15, 0.2) is 0 Å². The molecule has 2 aromatic heterocycles. The number of carbonyl (C=O) groups excluding carboxylic acids is 3. The molecule has 0 aliphatic carbocycles. The maximum atomic E-state index is 12.9. The molecule has 2 atom stereocenters. The first kappa shape index (κ1) is 20.7. The van der Waals surface area contributed by atoms with Crippen molar-refractivity contribution in [3.63, 3.8) is 0 Å². The van der Waals surface area contributed by atoms with Crippen molar-refractivity contribution in [2.75, 3.05) is 0 Å². The molecular weight excluding hydrogens is 394 g/mol. The number of nitrogens with one attached hydrogen (secondary N) is 1. The molecule has 2 amide bonds. The average Bonchev–Trinajstić information content (AvgIpc) is 3.36. The molecule has 0 bridgehead atoms. The molecule has 1 aliphatic heterocycles. The zero-order chi connectivity index (χ0) is 21.0.